The van der Waals surface area contributed by atoms with Crippen LogP contribution in [-0.4, -0.2) is 16.8 Å². The van der Waals surface area contributed by atoms with Crippen LogP contribution in [0.4, 0.5) is 4.39 Å². The van der Waals surface area contributed by atoms with Gasteiger partial charge >= 0.3 is 0 Å². The van der Waals surface area contributed by atoms with Crippen LogP contribution in [0.1, 0.15) is 22.5 Å². The first-order chi connectivity index (χ1) is 9.02. The molecule has 1 aromatic heterocycles. The Morgan fingerprint density at radius 2 is 2.11 bits per heavy atom. The van der Waals surface area contributed by atoms with Crippen LogP contribution < -0.4 is 5.32 Å². The van der Waals surface area contributed by atoms with E-state index < -0.39 is 5.82 Å². The lowest BCUT2D eigenvalue weighted by Crippen LogP contribution is -2.08. The highest BCUT2D eigenvalue weighted by Crippen LogP contribution is 2.18. The monoisotopic (exact) mass is 281 g/mol. The van der Waals surface area contributed by atoms with E-state index >= 15 is 0 Å². The molecule has 0 fully saturated rings. The normalized spacial score (nSPS) is 11.0. The van der Waals surface area contributed by atoms with E-state index in [0.29, 0.717) is 6.54 Å². The molecule has 0 spiro atoms. The average molecular weight is 282 g/mol. The largest absolute Gasteiger partial charge is 0.316 e. The maximum Gasteiger partial charge on any atom is 0.142 e. The fourth-order valence-corrected chi connectivity index (χ4v) is 2.25. The molecule has 0 aliphatic carbocycles. The van der Waals surface area contributed by atoms with Crippen molar-refractivity contribution in [1.82, 2.24) is 15.1 Å². The number of nitrogens with zero attached hydrogens (tertiary/aromatic N) is 2. The van der Waals surface area contributed by atoms with E-state index in [9.17, 15) is 4.39 Å². The molecule has 0 unspecified atom stereocenters. The van der Waals surface area contributed by atoms with Crippen molar-refractivity contribution in [3.63, 3.8) is 0 Å². The van der Waals surface area contributed by atoms with Gasteiger partial charge in [0.05, 0.1) is 17.3 Å². The van der Waals surface area contributed by atoms with Gasteiger partial charge in [0.2, 0.25) is 0 Å². The van der Waals surface area contributed by atoms with Gasteiger partial charge in [-0.15, -0.1) is 0 Å². The maximum absolute atomic E-state index is 13.4. The van der Waals surface area contributed by atoms with Crippen LogP contribution in [0.25, 0.3) is 0 Å². The Morgan fingerprint density at radius 3 is 2.74 bits per heavy atom. The van der Waals surface area contributed by atoms with Crippen molar-refractivity contribution in [2.45, 2.75) is 26.9 Å². The first-order valence-corrected chi connectivity index (χ1v) is 6.52. The third-order valence-corrected chi connectivity index (χ3v) is 3.51. The summed E-state index contributed by atoms with van der Waals surface area (Å²) >= 11 is 5.68. The van der Waals surface area contributed by atoms with Crippen molar-refractivity contribution in [3.05, 3.63) is 51.6 Å². The Labute approximate surface area is 117 Å². The molecule has 2 aromatic rings. The molecule has 0 bridgehead atoms. The summed E-state index contributed by atoms with van der Waals surface area (Å²) in [5.74, 6) is -0.392. The summed E-state index contributed by atoms with van der Waals surface area (Å²) in [5, 5.41) is 7.77. The summed E-state index contributed by atoms with van der Waals surface area (Å²) in [7, 11) is 1.91. The van der Waals surface area contributed by atoms with Crippen molar-refractivity contribution in [1.29, 1.82) is 0 Å². The highest BCUT2D eigenvalue weighted by Gasteiger charge is 2.11. The van der Waals surface area contributed by atoms with Crippen molar-refractivity contribution < 1.29 is 4.39 Å². The predicted octanol–water partition coefficient (Wildman–Crippen LogP) is 3.06. The first-order valence-electron chi connectivity index (χ1n) is 6.14. The lowest BCUT2D eigenvalue weighted by molar-refractivity contribution is 0.616. The second-order valence-electron chi connectivity index (χ2n) is 4.59. The maximum atomic E-state index is 13.4. The van der Waals surface area contributed by atoms with Crippen LogP contribution in [0.2, 0.25) is 5.02 Å². The van der Waals surface area contributed by atoms with E-state index in [1.165, 1.54) is 11.6 Å². The number of halogens is 2. The molecule has 19 heavy (non-hydrogen) atoms. The van der Waals surface area contributed by atoms with Crippen molar-refractivity contribution in [2.24, 2.45) is 0 Å². The van der Waals surface area contributed by atoms with E-state index in [-0.39, 0.29) is 5.02 Å². The number of nitrogens with one attached hydrogen (secondary N) is 1. The predicted molar refractivity (Wildman–Crippen MR) is 75.0 cm³/mol. The first kappa shape index (κ1) is 14.0. The molecule has 5 heteroatoms. The van der Waals surface area contributed by atoms with Crippen LogP contribution >= 0.6 is 11.6 Å². The Morgan fingerprint density at radius 1 is 1.37 bits per heavy atom. The molecular formula is C14H17ClFN3. The number of aryl methyl sites for hydroxylation is 1. The molecule has 102 valence electrons. The van der Waals surface area contributed by atoms with E-state index in [0.717, 1.165) is 23.5 Å². The zero-order chi connectivity index (χ0) is 14.0. The fourth-order valence-electron chi connectivity index (χ4n) is 2.13. The second kappa shape index (κ2) is 5.72. The fraction of sp³-hybridized carbons (Fsp3) is 0.357. The smallest absolute Gasteiger partial charge is 0.142 e. The van der Waals surface area contributed by atoms with E-state index in [1.54, 1.807) is 6.07 Å². The molecule has 0 saturated heterocycles. The van der Waals surface area contributed by atoms with Crippen LogP contribution in [0.5, 0.6) is 0 Å². The molecule has 0 saturated carbocycles. The third-order valence-electron chi connectivity index (χ3n) is 3.20. The van der Waals surface area contributed by atoms with Crippen LogP contribution in [0.15, 0.2) is 18.2 Å². The van der Waals surface area contributed by atoms with E-state index in [2.05, 4.69) is 10.4 Å². The quantitative estimate of drug-likeness (QED) is 0.933. The lowest BCUT2D eigenvalue weighted by atomic mass is 10.2. The molecule has 0 atom stereocenters. The van der Waals surface area contributed by atoms with Crippen molar-refractivity contribution >= 4 is 11.6 Å². The SMILES string of the molecule is CNCc1c(C)nn(Cc2ccc(Cl)c(F)c2)c1C. The number of hydrogen-bond donors (Lipinski definition) is 1. The topological polar surface area (TPSA) is 29.9 Å². The van der Waals surface area contributed by atoms with Gasteiger partial charge in [0.25, 0.3) is 0 Å². The van der Waals surface area contributed by atoms with Gasteiger partial charge in [-0.25, -0.2) is 4.39 Å². The Bertz CT molecular complexity index is 593. The summed E-state index contributed by atoms with van der Waals surface area (Å²) in [4.78, 5) is 0. The van der Waals surface area contributed by atoms with E-state index in [4.69, 9.17) is 11.6 Å². The molecule has 0 aliphatic rings. The van der Waals surface area contributed by atoms with Gasteiger partial charge in [0, 0.05) is 17.8 Å². The van der Waals surface area contributed by atoms with Gasteiger partial charge in [0.15, 0.2) is 0 Å². The van der Waals surface area contributed by atoms with Crippen LogP contribution in [-0.2, 0) is 13.1 Å². The van der Waals surface area contributed by atoms with E-state index in [1.807, 2.05) is 31.6 Å². The Hall–Kier alpha value is -1.39. The summed E-state index contributed by atoms with van der Waals surface area (Å²) in [5.41, 5.74) is 4.14. The number of rotatable bonds is 4. The van der Waals surface area contributed by atoms with Crippen LogP contribution in [0.3, 0.4) is 0 Å². The minimum atomic E-state index is -0.392. The van der Waals surface area contributed by atoms with Crippen LogP contribution in [0, 0.1) is 19.7 Å². The summed E-state index contributed by atoms with van der Waals surface area (Å²) in [6.45, 7) is 5.34. The van der Waals surface area contributed by atoms with Gasteiger partial charge in [-0.3, -0.25) is 4.68 Å². The molecule has 2 rings (SSSR count). The molecule has 3 nitrogen and oxygen atoms in total. The summed E-state index contributed by atoms with van der Waals surface area (Å²) < 4.78 is 15.3. The third kappa shape index (κ3) is 2.96. The molecule has 0 radical (unpaired) electrons. The van der Waals surface area contributed by atoms with Crippen molar-refractivity contribution in [2.75, 3.05) is 7.05 Å². The second-order valence-corrected chi connectivity index (χ2v) is 4.99. The number of aromatic nitrogens is 2. The Balaban J connectivity index is 2.28. The highest BCUT2D eigenvalue weighted by atomic mass is 35.5. The zero-order valence-corrected chi connectivity index (χ0v) is 12.1. The molecule has 0 aliphatic heterocycles. The molecule has 1 heterocycles. The lowest BCUT2D eigenvalue weighted by Gasteiger charge is -2.06. The number of benzene rings is 1. The van der Waals surface area contributed by atoms with Gasteiger partial charge in [-0.2, -0.15) is 5.10 Å². The van der Waals surface area contributed by atoms with Gasteiger partial charge in [-0.05, 0) is 38.6 Å². The summed E-state index contributed by atoms with van der Waals surface area (Å²) in [6.07, 6.45) is 0. The van der Waals surface area contributed by atoms with Gasteiger partial charge in [-0.1, -0.05) is 17.7 Å². The average Bonchev–Trinajstić information content (AvgIpc) is 2.62. The zero-order valence-electron chi connectivity index (χ0n) is 11.3. The molecule has 1 N–H and O–H groups in total. The highest BCUT2D eigenvalue weighted by molar-refractivity contribution is 6.30. The van der Waals surface area contributed by atoms with Gasteiger partial charge in [0.1, 0.15) is 5.82 Å². The van der Waals surface area contributed by atoms with Crippen molar-refractivity contribution in [3.8, 4) is 0 Å². The van der Waals surface area contributed by atoms with Gasteiger partial charge < -0.3 is 5.32 Å². The molecule has 0 amide bonds. The minimum Gasteiger partial charge on any atom is -0.316 e. The standard InChI is InChI=1S/C14H17ClFN3/c1-9-12(7-17-3)10(2)19(18-9)8-11-4-5-13(15)14(16)6-11/h4-6,17H,7-8H2,1-3H3. The molecular weight excluding hydrogens is 265 g/mol. The number of hydrogen-bond acceptors (Lipinski definition) is 2. The minimum absolute atomic E-state index is 0.146. The molecule has 1 aromatic carbocycles. The summed E-state index contributed by atoms with van der Waals surface area (Å²) in [6, 6.07) is 4.85. The Kier molecular flexibility index (Phi) is 4.22.